The lowest BCUT2D eigenvalue weighted by Crippen LogP contribution is -2.32. The third-order valence-corrected chi connectivity index (χ3v) is 11.4. The fourth-order valence-electron chi connectivity index (χ4n) is 7.89. The van der Waals surface area contributed by atoms with E-state index < -0.39 is 5.41 Å². The fraction of sp³-hybridized carbons (Fsp3) is 0.0213. The minimum atomic E-state index is -0.549. The van der Waals surface area contributed by atoms with E-state index in [0.717, 1.165) is 27.8 Å². The molecule has 2 aliphatic rings. The lowest BCUT2D eigenvalue weighted by molar-refractivity contribution is 0.723. The van der Waals surface area contributed by atoms with E-state index in [4.69, 9.17) is 21.5 Å². The first kappa shape index (κ1) is 30.2. The molecule has 1 spiro atoms. The normalized spacial score (nSPS) is 14.9. The number of nitrogens with zero attached hydrogens (tertiary/aromatic N) is 4. The van der Waals surface area contributed by atoms with Crippen LogP contribution in [0, 0.1) is 6.57 Å². The quantitative estimate of drug-likeness (QED) is 0.174. The van der Waals surface area contributed by atoms with E-state index in [9.17, 15) is 0 Å². The Hall–Kier alpha value is -6.61. The molecule has 7 aromatic carbocycles. The predicted octanol–water partition coefficient (Wildman–Crippen LogP) is 11.9. The van der Waals surface area contributed by atoms with Crippen LogP contribution in [-0.4, -0.2) is 15.0 Å². The monoisotopic (exact) mass is 680 g/mol. The van der Waals surface area contributed by atoms with Crippen molar-refractivity contribution in [3.8, 4) is 56.4 Å². The van der Waals surface area contributed by atoms with Crippen molar-refractivity contribution in [2.75, 3.05) is 0 Å². The van der Waals surface area contributed by atoms with Gasteiger partial charge in [-0.25, -0.2) is 19.8 Å². The van der Waals surface area contributed by atoms with Gasteiger partial charge in [0, 0.05) is 26.5 Å². The van der Waals surface area contributed by atoms with Crippen LogP contribution in [0.1, 0.15) is 22.3 Å². The standard InChI is InChI=1S/C47H28N4S/c1-48-35-25-27-43-41(29-35)47(39-18-10-11-19-42(39)52-43)38-17-9-8-16-36(38)37-26-24-34(28-40(37)47)30-20-22-33(23-21-30)46-50-44(31-12-4-2-5-13-31)49-45(51-46)32-14-6-3-7-15-32/h2-29H. The van der Waals surface area contributed by atoms with Crippen molar-refractivity contribution in [3.63, 3.8) is 0 Å². The lowest BCUT2D eigenvalue weighted by atomic mass is 9.67. The molecule has 1 atom stereocenters. The smallest absolute Gasteiger partial charge is 0.187 e. The minimum Gasteiger partial charge on any atom is -0.238 e. The van der Waals surface area contributed by atoms with Crippen molar-refractivity contribution in [1.29, 1.82) is 0 Å². The van der Waals surface area contributed by atoms with Crippen LogP contribution >= 0.6 is 11.8 Å². The Morgan fingerprint density at radius 2 is 0.923 bits per heavy atom. The summed E-state index contributed by atoms with van der Waals surface area (Å²) >= 11 is 1.79. The second kappa shape index (κ2) is 12.0. The van der Waals surface area contributed by atoms with Gasteiger partial charge in [0.15, 0.2) is 23.2 Å². The van der Waals surface area contributed by atoms with Gasteiger partial charge < -0.3 is 0 Å². The summed E-state index contributed by atoms with van der Waals surface area (Å²) < 4.78 is 0. The summed E-state index contributed by atoms with van der Waals surface area (Å²) in [4.78, 5) is 21.0. The first-order valence-electron chi connectivity index (χ1n) is 17.2. The zero-order chi connectivity index (χ0) is 34.6. The molecular formula is C47H28N4S. The first-order chi connectivity index (χ1) is 25.7. The number of aromatic nitrogens is 3. The average molecular weight is 681 g/mol. The molecule has 5 heteroatoms. The Morgan fingerprint density at radius 1 is 0.404 bits per heavy atom. The number of benzene rings is 7. The van der Waals surface area contributed by atoms with E-state index in [1.165, 1.54) is 43.2 Å². The highest BCUT2D eigenvalue weighted by Gasteiger charge is 2.50. The molecule has 0 saturated heterocycles. The molecule has 8 aromatic rings. The van der Waals surface area contributed by atoms with Gasteiger partial charge in [-0.15, -0.1) is 0 Å². The molecule has 52 heavy (non-hydrogen) atoms. The Balaban J connectivity index is 1.12. The largest absolute Gasteiger partial charge is 0.238 e. The molecule has 0 amide bonds. The van der Waals surface area contributed by atoms with E-state index >= 15 is 0 Å². The van der Waals surface area contributed by atoms with Crippen LogP contribution in [0.25, 0.3) is 61.3 Å². The van der Waals surface area contributed by atoms with Crippen LogP contribution in [0.5, 0.6) is 0 Å². The number of hydrogen-bond donors (Lipinski definition) is 0. The topological polar surface area (TPSA) is 43.0 Å². The fourth-order valence-corrected chi connectivity index (χ4v) is 9.06. The van der Waals surface area contributed by atoms with Crippen molar-refractivity contribution < 1.29 is 0 Å². The van der Waals surface area contributed by atoms with Gasteiger partial charge in [0.2, 0.25) is 0 Å². The molecule has 0 N–H and O–H groups in total. The molecule has 0 bridgehead atoms. The molecule has 10 rings (SSSR count). The van der Waals surface area contributed by atoms with Crippen LogP contribution < -0.4 is 0 Å². The minimum absolute atomic E-state index is 0.549. The molecule has 2 heterocycles. The molecular weight excluding hydrogens is 653 g/mol. The third kappa shape index (κ3) is 4.66. The number of fused-ring (bicyclic) bond motifs is 9. The Morgan fingerprint density at radius 3 is 1.60 bits per heavy atom. The van der Waals surface area contributed by atoms with Crippen molar-refractivity contribution in [1.82, 2.24) is 15.0 Å². The van der Waals surface area contributed by atoms with E-state index in [1.807, 2.05) is 66.7 Å². The van der Waals surface area contributed by atoms with Gasteiger partial charge in [-0.05, 0) is 56.6 Å². The zero-order valence-electron chi connectivity index (χ0n) is 27.9. The highest BCUT2D eigenvalue weighted by atomic mass is 32.2. The van der Waals surface area contributed by atoms with Crippen molar-refractivity contribution in [3.05, 3.63) is 204 Å². The molecule has 1 aromatic heterocycles. The summed E-state index contributed by atoms with van der Waals surface area (Å²) in [5.41, 5.74) is 12.5. The van der Waals surface area contributed by atoms with Gasteiger partial charge in [-0.3, -0.25) is 0 Å². The van der Waals surface area contributed by atoms with Gasteiger partial charge >= 0.3 is 0 Å². The van der Waals surface area contributed by atoms with Crippen molar-refractivity contribution >= 4 is 17.4 Å². The predicted molar refractivity (Wildman–Crippen MR) is 209 cm³/mol. The Kier molecular flexibility index (Phi) is 6.99. The maximum atomic E-state index is 7.90. The summed E-state index contributed by atoms with van der Waals surface area (Å²) in [5, 5.41) is 0. The Bertz CT molecular complexity index is 2660. The maximum absolute atomic E-state index is 7.90. The van der Waals surface area contributed by atoms with Gasteiger partial charge in [-0.2, -0.15) is 0 Å². The maximum Gasteiger partial charge on any atom is 0.187 e. The van der Waals surface area contributed by atoms with E-state index in [-0.39, 0.29) is 0 Å². The second-order valence-corrected chi connectivity index (χ2v) is 14.1. The molecule has 1 aliphatic heterocycles. The zero-order valence-corrected chi connectivity index (χ0v) is 28.7. The highest BCUT2D eigenvalue weighted by Crippen LogP contribution is 2.62. The molecule has 4 nitrogen and oxygen atoms in total. The molecule has 242 valence electrons. The van der Waals surface area contributed by atoms with Crippen LogP contribution in [-0.2, 0) is 5.41 Å². The summed E-state index contributed by atoms with van der Waals surface area (Å²) in [6.45, 7) is 7.90. The molecule has 0 saturated carbocycles. The van der Waals surface area contributed by atoms with Crippen LogP contribution in [0.2, 0.25) is 0 Å². The van der Waals surface area contributed by atoms with E-state index in [2.05, 4.69) is 108 Å². The van der Waals surface area contributed by atoms with E-state index in [0.29, 0.717) is 23.2 Å². The van der Waals surface area contributed by atoms with Gasteiger partial charge in [-0.1, -0.05) is 169 Å². The van der Waals surface area contributed by atoms with Crippen LogP contribution in [0.3, 0.4) is 0 Å². The first-order valence-corrected chi connectivity index (χ1v) is 18.0. The third-order valence-electron chi connectivity index (χ3n) is 10.2. The van der Waals surface area contributed by atoms with E-state index in [1.54, 1.807) is 11.8 Å². The Labute approximate surface area is 306 Å². The van der Waals surface area contributed by atoms with Crippen LogP contribution in [0.4, 0.5) is 5.69 Å². The van der Waals surface area contributed by atoms with Gasteiger partial charge in [0.25, 0.3) is 0 Å². The molecule has 0 fully saturated rings. The second-order valence-electron chi connectivity index (χ2n) is 13.1. The van der Waals surface area contributed by atoms with Gasteiger partial charge in [0.05, 0.1) is 12.0 Å². The summed E-state index contributed by atoms with van der Waals surface area (Å²) in [7, 11) is 0. The van der Waals surface area contributed by atoms with Gasteiger partial charge in [0.1, 0.15) is 0 Å². The highest BCUT2D eigenvalue weighted by molar-refractivity contribution is 7.99. The average Bonchev–Trinajstić information content (AvgIpc) is 3.51. The molecule has 0 radical (unpaired) electrons. The number of hydrogen-bond acceptors (Lipinski definition) is 4. The SMILES string of the molecule is [C-]#[N+]c1ccc2c(c1)C1(c3ccccc3S2)c2ccccc2-c2ccc(-c3ccc(-c4nc(-c5ccccc5)nc(-c5ccccc5)n4)cc3)cc21. The summed E-state index contributed by atoms with van der Waals surface area (Å²) in [6.07, 6.45) is 0. The molecule has 1 unspecified atom stereocenters. The van der Waals surface area contributed by atoms with Crippen LogP contribution in [0.15, 0.2) is 180 Å². The summed E-state index contributed by atoms with van der Waals surface area (Å²) in [5.74, 6) is 1.92. The van der Waals surface area contributed by atoms with Crippen molar-refractivity contribution in [2.24, 2.45) is 0 Å². The molecule has 1 aliphatic carbocycles. The number of rotatable bonds is 4. The lowest BCUT2D eigenvalue weighted by Gasteiger charge is -2.40. The van der Waals surface area contributed by atoms with Crippen molar-refractivity contribution in [2.45, 2.75) is 15.2 Å². The summed E-state index contributed by atoms with van der Waals surface area (Å²) in [6, 6.07) is 59.2.